The molecule has 5 amide bonds. The van der Waals surface area contributed by atoms with Crippen molar-refractivity contribution in [1.82, 2.24) is 59.2 Å². The summed E-state index contributed by atoms with van der Waals surface area (Å²) >= 11 is 1.71. The van der Waals surface area contributed by atoms with Gasteiger partial charge in [0.1, 0.15) is 11.5 Å². The summed E-state index contributed by atoms with van der Waals surface area (Å²) in [5.74, 6) is 7.90. The Kier molecular flexibility index (Phi) is 28.8. The first-order valence-electron chi connectivity index (χ1n) is 41.7. The highest BCUT2D eigenvalue weighted by Gasteiger charge is 2.41. The summed E-state index contributed by atoms with van der Waals surface area (Å²) in [6, 6.07) is 14.2. The number of aliphatic imine (C=N–C) groups is 4. The van der Waals surface area contributed by atoms with Crippen LogP contribution in [0.4, 0.5) is 0 Å². The molecule has 0 N–H and O–H groups in total. The van der Waals surface area contributed by atoms with Crippen LogP contribution in [-0.4, -0.2) is 224 Å². The maximum atomic E-state index is 12.4. The topological polar surface area (TPSA) is 229 Å². The molecule has 590 valence electrons. The second-order valence-corrected chi connectivity index (χ2v) is 32.9. The van der Waals surface area contributed by atoms with Gasteiger partial charge >= 0.3 is 0 Å². The third-order valence-electron chi connectivity index (χ3n) is 23.5. The third-order valence-corrected chi connectivity index (χ3v) is 24.4. The van der Waals surface area contributed by atoms with Crippen LogP contribution >= 0.6 is 11.3 Å². The maximum absolute atomic E-state index is 12.4. The van der Waals surface area contributed by atoms with Crippen LogP contribution in [0.15, 0.2) is 89.2 Å². The SMILES string of the molecule is CC(C)c1cc(C2CCCN2C(=O)C2CC2)no1.CCC(CC)C(=O)N1CCN=C1N1CCCC1.Cc1ccnc(Cc2nc(-c3cc(C)c(C)cc3C)cs2)c1.O=C(C1CCCC1)N1CCN=C1N1CCCC1.O=C(CC1CCCC1)N1CCN=C1N1CCCC1.O=C(c1ccco1)N1CCN=C1N1CCCC1. The van der Waals surface area contributed by atoms with E-state index in [2.05, 4.69) is 129 Å². The van der Waals surface area contributed by atoms with Gasteiger partial charge < -0.3 is 33.4 Å². The fourth-order valence-corrected chi connectivity index (χ4v) is 17.7. The second-order valence-electron chi connectivity index (χ2n) is 32.0. The molecule has 3 aliphatic carbocycles. The molecule has 1 aromatic carbocycles. The van der Waals surface area contributed by atoms with Crippen molar-refractivity contribution in [3.8, 4) is 11.3 Å². The van der Waals surface area contributed by atoms with Gasteiger partial charge in [-0.05, 0) is 202 Å². The van der Waals surface area contributed by atoms with E-state index < -0.39 is 0 Å². The summed E-state index contributed by atoms with van der Waals surface area (Å²) in [6.45, 7) is 32.3. The Bertz CT molecular complexity index is 3900. The Labute approximate surface area is 651 Å². The molecule has 1 unspecified atom stereocenters. The van der Waals surface area contributed by atoms with Gasteiger partial charge in [0, 0.05) is 150 Å². The van der Waals surface area contributed by atoms with Gasteiger partial charge in [0.25, 0.3) is 5.91 Å². The number of hydrogen-bond donors (Lipinski definition) is 0. The van der Waals surface area contributed by atoms with Gasteiger partial charge in [-0.15, -0.1) is 11.3 Å². The van der Waals surface area contributed by atoms with Crippen LogP contribution in [0, 0.1) is 51.4 Å². The molecule has 5 aromatic rings. The molecule has 13 heterocycles. The first-order chi connectivity index (χ1) is 53.0. The normalized spacial score (nSPS) is 20.6. The first-order valence-corrected chi connectivity index (χ1v) is 42.6. The summed E-state index contributed by atoms with van der Waals surface area (Å²) in [7, 11) is 0. The van der Waals surface area contributed by atoms with E-state index in [9.17, 15) is 24.0 Å². The van der Waals surface area contributed by atoms with Crippen molar-refractivity contribution in [2.24, 2.45) is 43.6 Å². The summed E-state index contributed by atoms with van der Waals surface area (Å²) in [6.07, 6.45) is 30.5. The van der Waals surface area contributed by atoms with Crippen molar-refractivity contribution >= 4 is 64.7 Å². The molecule has 5 saturated heterocycles. The number of amides is 5. The molecule has 23 nitrogen and oxygen atoms in total. The summed E-state index contributed by atoms with van der Waals surface area (Å²) in [5.41, 5.74) is 9.51. The number of carbonyl (C=O) groups is 5. The number of guanidine groups is 4. The zero-order chi connectivity index (χ0) is 76.3. The van der Waals surface area contributed by atoms with Crippen molar-refractivity contribution in [1.29, 1.82) is 0 Å². The number of pyridine rings is 1. The van der Waals surface area contributed by atoms with Crippen molar-refractivity contribution in [3.05, 3.63) is 110 Å². The van der Waals surface area contributed by atoms with Gasteiger partial charge in [-0.2, -0.15) is 0 Å². The van der Waals surface area contributed by atoms with Crippen molar-refractivity contribution in [2.75, 3.05) is 111 Å². The molecule has 4 aromatic heterocycles. The van der Waals surface area contributed by atoms with Crippen molar-refractivity contribution < 1.29 is 32.9 Å². The van der Waals surface area contributed by atoms with Crippen LogP contribution in [0.3, 0.4) is 0 Å². The van der Waals surface area contributed by atoms with Crippen LogP contribution < -0.4 is 0 Å². The molecule has 109 heavy (non-hydrogen) atoms. The summed E-state index contributed by atoms with van der Waals surface area (Å²) < 4.78 is 10.5. The van der Waals surface area contributed by atoms with E-state index in [1.165, 1.54) is 124 Å². The van der Waals surface area contributed by atoms with Crippen molar-refractivity contribution in [3.63, 3.8) is 0 Å². The fourth-order valence-electron chi connectivity index (χ4n) is 16.9. The third kappa shape index (κ3) is 20.8. The van der Waals surface area contributed by atoms with Crippen LogP contribution in [0.1, 0.15) is 242 Å². The number of aromatic nitrogens is 3. The van der Waals surface area contributed by atoms with Gasteiger partial charge in [-0.3, -0.25) is 68.5 Å². The monoisotopic (exact) mass is 1510 g/mol. The Morgan fingerprint density at radius 1 is 0.541 bits per heavy atom. The molecule has 17 rings (SSSR count). The van der Waals surface area contributed by atoms with Crippen LogP contribution in [0.5, 0.6) is 0 Å². The number of carbonyl (C=O) groups excluding carboxylic acids is 5. The van der Waals surface area contributed by atoms with E-state index in [-0.39, 0.29) is 29.7 Å². The highest BCUT2D eigenvalue weighted by Crippen LogP contribution is 2.40. The second kappa shape index (κ2) is 39.1. The number of aryl methyl sites for hydroxylation is 4. The van der Waals surface area contributed by atoms with Crippen molar-refractivity contribution in [2.45, 2.75) is 221 Å². The minimum absolute atomic E-state index is 0.0850. The maximum Gasteiger partial charge on any atom is 0.296 e. The smallest absolute Gasteiger partial charge is 0.296 e. The van der Waals surface area contributed by atoms with E-state index >= 15 is 0 Å². The van der Waals surface area contributed by atoms with Crippen LogP contribution in [0.2, 0.25) is 0 Å². The highest BCUT2D eigenvalue weighted by molar-refractivity contribution is 7.10. The molecular weight excluding hydrogens is 1390 g/mol. The predicted molar refractivity (Wildman–Crippen MR) is 430 cm³/mol. The average Bonchev–Trinajstić information content (AvgIpc) is 1.70. The number of thiazole rings is 1. The Morgan fingerprint density at radius 3 is 1.62 bits per heavy atom. The zero-order valence-electron chi connectivity index (χ0n) is 66.7. The predicted octanol–water partition coefficient (Wildman–Crippen LogP) is 14.1. The highest BCUT2D eigenvalue weighted by atomic mass is 32.1. The molecule has 0 spiro atoms. The lowest BCUT2D eigenvalue weighted by Crippen LogP contribution is -2.46. The lowest BCUT2D eigenvalue weighted by Gasteiger charge is -2.28. The van der Waals surface area contributed by atoms with E-state index in [0.717, 1.165) is 214 Å². The lowest BCUT2D eigenvalue weighted by molar-refractivity contribution is -0.134. The molecule has 1 atom stereocenters. The van der Waals surface area contributed by atoms with Gasteiger partial charge in [0.15, 0.2) is 5.76 Å². The summed E-state index contributed by atoms with van der Waals surface area (Å²) in [4.78, 5) is 108. The van der Waals surface area contributed by atoms with Gasteiger partial charge in [0.05, 0.1) is 49.2 Å². The Balaban J connectivity index is 0.000000122. The Morgan fingerprint density at radius 2 is 1.07 bits per heavy atom. The summed E-state index contributed by atoms with van der Waals surface area (Å²) in [5, 5.41) is 7.43. The van der Waals surface area contributed by atoms with Gasteiger partial charge in [-0.25, -0.2) is 4.98 Å². The van der Waals surface area contributed by atoms with Gasteiger partial charge in [0.2, 0.25) is 47.5 Å². The number of rotatable bonds is 13. The molecule has 3 saturated carbocycles. The largest absolute Gasteiger partial charge is 0.459 e. The molecule has 9 aliphatic heterocycles. The number of nitrogens with zero attached hydrogens (tertiary/aromatic N) is 16. The zero-order valence-corrected chi connectivity index (χ0v) is 67.5. The standard InChI is InChI=1S/C19H20N2S.C14H23N3O.C14H20N2O2.C13H21N3O.C13H23N3O.C12H15N3O2/c1-12-5-6-20-16(7-12)10-19-21-18(11-22-19)17-9-14(3)13(2)8-15(17)4;18-13(11-12-5-1-2-6-12)17-10-7-15-14(17)16-8-3-4-9-16;1-9(2)13-8-11(15-18-13)12-4-3-7-16(12)14(17)10-5-6-10;17-12(11-5-1-2-6-11)16-10-7-14-13(16)15-8-3-4-9-15;1-3-11(4-2)12(17)16-10-7-14-13(16)15-8-5-6-9-15;16-11(10-4-3-9-17-10)15-8-5-13-12(15)14-6-1-2-7-14/h5-9,11H,10H2,1-4H3;12H,1-11H2;8-10,12H,3-7H2,1-2H3;11H,1-10H2;11H,3-10H2,1-2H3;3-4,9H,1-2,5-8H2. The van der Waals surface area contributed by atoms with E-state index in [1.54, 1.807) is 28.4 Å². The minimum atomic E-state index is -0.0850. The number of benzene rings is 1. The Hall–Kier alpha value is -8.28. The quantitative estimate of drug-likeness (QED) is 0.107. The number of likely N-dealkylation sites (tertiary alicyclic amines) is 5. The average molecular weight is 1510 g/mol. The minimum Gasteiger partial charge on any atom is -0.459 e. The van der Waals surface area contributed by atoms with E-state index in [0.29, 0.717) is 54.3 Å². The van der Waals surface area contributed by atoms with E-state index in [1.807, 2.05) is 37.9 Å². The molecule has 12 aliphatic rings. The molecule has 0 radical (unpaired) electrons. The van der Waals surface area contributed by atoms with Gasteiger partial charge in [-0.1, -0.05) is 64.6 Å². The van der Waals surface area contributed by atoms with Crippen LogP contribution in [-0.2, 0) is 25.6 Å². The van der Waals surface area contributed by atoms with E-state index in [4.69, 9.17) is 13.9 Å². The van der Waals surface area contributed by atoms with Crippen LogP contribution in [0.25, 0.3) is 11.3 Å². The fraction of sp³-hybridized carbons (Fsp3) is 0.647. The molecule has 0 bridgehead atoms. The first kappa shape index (κ1) is 80.2. The molecule has 24 heteroatoms. The number of hydrogen-bond acceptors (Lipinski definition) is 19. The lowest BCUT2D eigenvalue weighted by atomic mass is 9.99. The number of furan rings is 1. The molecular formula is C85H122N16O7S. The molecule has 8 fully saturated rings.